The molecule has 5 nitrogen and oxygen atoms in total. The van der Waals surface area contributed by atoms with Gasteiger partial charge in [-0.25, -0.2) is 0 Å². The molecule has 1 aromatic carbocycles. The molecule has 2 N–H and O–H groups in total. The van der Waals surface area contributed by atoms with Gasteiger partial charge in [0.1, 0.15) is 0 Å². The summed E-state index contributed by atoms with van der Waals surface area (Å²) in [5, 5.41) is 11.6. The van der Waals surface area contributed by atoms with E-state index in [4.69, 9.17) is 0 Å². The van der Waals surface area contributed by atoms with E-state index < -0.39 is 0 Å². The van der Waals surface area contributed by atoms with Gasteiger partial charge in [-0.3, -0.25) is 14.9 Å². The minimum Gasteiger partial charge on any atom is -0.324 e. The molecule has 138 valence electrons. The molecule has 1 aliphatic carbocycles. The molecule has 1 fully saturated rings. The average Bonchev–Trinajstić information content (AvgIpc) is 3.33. The van der Waals surface area contributed by atoms with Crippen molar-refractivity contribution in [3.63, 3.8) is 0 Å². The van der Waals surface area contributed by atoms with E-state index >= 15 is 0 Å². The van der Waals surface area contributed by atoms with Gasteiger partial charge < -0.3 is 5.32 Å². The highest BCUT2D eigenvalue weighted by Gasteiger charge is 2.24. The number of fused-ring (bicyclic) bond motifs is 1. The molecule has 0 atom stereocenters. The number of nitrogens with one attached hydrogen (secondary N) is 2. The van der Waals surface area contributed by atoms with Gasteiger partial charge in [0, 0.05) is 34.5 Å². The standard InChI is InChI=1S/C21H28N4O/c1-4-17-16-13-15(11-12-19(16)25-24-17)21(26)23-20(14-9-7-8-10-14)18(5-2)22-6-3/h6,11-14H,4-5,7-10H2,1-3H3,(H,23,26)(H,24,25)/b20-18-,22-6?. The molecule has 3 rings (SSSR count). The predicted molar refractivity (Wildman–Crippen MR) is 106 cm³/mol. The number of rotatable bonds is 6. The molecular formula is C21H28N4O. The Kier molecular flexibility index (Phi) is 5.86. The third-order valence-electron chi connectivity index (χ3n) is 5.19. The first-order chi connectivity index (χ1) is 12.7. The van der Waals surface area contributed by atoms with Crippen LogP contribution in [0.5, 0.6) is 0 Å². The average molecular weight is 352 g/mol. The number of nitrogens with zero attached hydrogens (tertiary/aromatic N) is 2. The van der Waals surface area contributed by atoms with Crippen molar-refractivity contribution in [3.05, 3.63) is 40.9 Å². The van der Waals surface area contributed by atoms with Crippen LogP contribution in [0.15, 0.2) is 34.6 Å². The molecule has 1 saturated carbocycles. The van der Waals surface area contributed by atoms with Crippen molar-refractivity contribution < 1.29 is 4.79 Å². The third kappa shape index (κ3) is 3.71. The fraction of sp³-hybridized carbons (Fsp3) is 0.476. The fourth-order valence-corrected chi connectivity index (χ4v) is 3.80. The smallest absolute Gasteiger partial charge is 0.255 e. The lowest BCUT2D eigenvalue weighted by molar-refractivity contribution is 0.0961. The van der Waals surface area contributed by atoms with E-state index in [0.29, 0.717) is 11.5 Å². The minimum atomic E-state index is -0.0608. The first-order valence-corrected chi connectivity index (χ1v) is 9.68. The summed E-state index contributed by atoms with van der Waals surface area (Å²) in [6.07, 6.45) is 8.18. The molecule has 0 saturated heterocycles. The second-order valence-electron chi connectivity index (χ2n) is 6.82. The number of aromatic amines is 1. The molecule has 26 heavy (non-hydrogen) atoms. The van der Waals surface area contributed by atoms with Crippen molar-refractivity contribution in [2.75, 3.05) is 0 Å². The van der Waals surface area contributed by atoms with Crippen LogP contribution < -0.4 is 5.32 Å². The maximum atomic E-state index is 13.0. The number of aryl methyl sites for hydroxylation is 1. The number of hydrogen-bond acceptors (Lipinski definition) is 3. The lowest BCUT2D eigenvalue weighted by Crippen LogP contribution is -2.27. The van der Waals surface area contributed by atoms with Gasteiger partial charge in [-0.05, 0) is 50.8 Å². The SMILES string of the molecule is CC=N/C(CC)=C(\NC(=O)c1ccc2n[nH]c(CC)c2c1)C1CCCC1. The number of benzene rings is 1. The molecular weight excluding hydrogens is 324 g/mol. The lowest BCUT2D eigenvalue weighted by atomic mass is 10.00. The Morgan fingerprint density at radius 2 is 2.12 bits per heavy atom. The topological polar surface area (TPSA) is 70.1 Å². The molecule has 0 aliphatic heterocycles. The summed E-state index contributed by atoms with van der Waals surface area (Å²) in [5.74, 6) is 0.343. The van der Waals surface area contributed by atoms with Gasteiger partial charge in [-0.15, -0.1) is 0 Å². The molecule has 1 amide bonds. The number of aliphatic imine (C=N–C) groups is 1. The van der Waals surface area contributed by atoms with E-state index in [0.717, 1.165) is 53.7 Å². The van der Waals surface area contributed by atoms with E-state index in [1.165, 1.54) is 12.8 Å². The quantitative estimate of drug-likeness (QED) is 0.736. The minimum absolute atomic E-state index is 0.0608. The molecule has 0 spiro atoms. The summed E-state index contributed by atoms with van der Waals surface area (Å²) in [5.41, 5.74) is 4.63. The van der Waals surface area contributed by atoms with Crippen LogP contribution in [0.25, 0.3) is 10.9 Å². The van der Waals surface area contributed by atoms with Gasteiger partial charge >= 0.3 is 0 Å². The Bertz CT molecular complexity index is 841. The van der Waals surface area contributed by atoms with E-state index in [2.05, 4.69) is 34.4 Å². The van der Waals surface area contributed by atoms with Crippen LogP contribution in [0.4, 0.5) is 0 Å². The van der Waals surface area contributed by atoms with Crippen molar-refractivity contribution in [1.82, 2.24) is 15.5 Å². The van der Waals surface area contributed by atoms with Gasteiger partial charge in [0.2, 0.25) is 0 Å². The first-order valence-electron chi connectivity index (χ1n) is 9.68. The van der Waals surface area contributed by atoms with Crippen LogP contribution in [-0.2, 0) is 6.42 Å². The Balaban J connectivity index is 1.92. The van der Waals surface area contributed by atoms with Gasteiger partial charge in [-0.1, -0.05) is 26.7 Å². The number of carbonyl (C=O) groups excluding carboxylic acids is 1. The summed E-state index contributed by atoms with van der Waals surface area (Å²) in [4.78, 5) is 17.5. The zero-order valence-corrected chi connectivity index (χ0v) is 15.9. The number of carbonyl (C=O) groups is 1. The molecule has 1 heterocycles. The van der Waals surface area contributed by atoms with Crippen molar-refractivity contribution in [3.8, 4) is 0 Å². The molecule has 0 bridgehead atoms. The van der Waals surface area contributed by atoms with E-state index in [-0.39, 0.29) is 5.91 Å². The van der Waals surface area contributed by atoms with E-state index in [9.17, 15) is 4.79 Å². The van der Waals surface area contributed by atoms with Crippen LogP contribution in [0, 0.1) is 5.92 Å². The Labute approximate surface area is 155 Å². The first kappa shape index (κ1) is 18.4. The number of hydrogen-bond donors (Lipinski definition) is 2. The Morgan fingerprint density at radius 1 is 1.35 bits per heavy atom. The maximum absolute atomic E-state index is 13.0. The molecule has 0 unspecified atom stereocenters. The number of allylic oxidation sites excluding steroid dienone is 2. The van der Waals surface area contributed by atoms with Crippen LogP contribution in [0.2, 0.25) is 0 Å². The van der Waals surface area contributed by atoms with E-state index in [1.807, 2.05) is 31.3 Å². The zero-order valence-electron chi connectivity index (χ0n) is 15.9. The highest BCUT2D eigenvalue weighted by molar-refractivity contribution is 5.99. The molecule has 0 radical (unpaired) electrons. The Morgan fingerprint density at radius 3 is 2.77 bits per heavy atom. The van der Waals surface area contributed by atoms with Crippen molar-refractivity contribution >= 4 is 23.0 Å². The third-order valence-corrected chi connectivity index (χ3v) is 5.19. The summed E-state index contributed by atoms with van der Waals surface area (Å²) in [7, 11) is 0. The molecule has 2 aromatic rings. The van der Waals surface area contributed by atoms with Crippen LogP contribution >= 0.6 is 0 Å². The monoisotopic (exact) mass is 352 g/mol. The fourth-order valence-electron chi connectivity index (χ4n) is 3.80. The normalized spacial score (nSPS) is 16.4. The maximum Gasteiger partial charge on any atom is 0.255 e. The van der Waals surface area contributed by atoms with Gasteiger partial charge in [-0.2, -0.15) is 5.10 Å². The highest BCUT2D eigenvalue weighted by atomic mass is 16.1. The van der Waals surface area contributed by atoms with Crippen molar-refractivity contribution in [2.45, 2.75) is 59.3 Å². The molecule has 1 aliphatic rings. The molecule has 5 heteroatoms. The summed E-state index contributed by atoms with van der Waals surface area (Å²) in [6, 6.07) is 5.69. The number of H-pyrrole nitrogens is 1. The van der Waals surface area contributed by atoms with Crippen molar-refractivity contribution in [2.24, 2.45) is 10.9 Å². The summed E-state index contributed by atoms with van der Waals surface area (Å²) in [6.45, 7) is 6.09. The van der Waals surface area contributed by atoms with Crippen LogP contribution in [-0.4, -0.2) is 22.3 Å². The van der Waals surface area contributed by atoms with E-state index in [1.54, 1.807) is 0 Å². The van der Waals surface area contributed by atoms with Gasteiger partial charge in [0.05, 0.1) is 11.2 Å². The van der Waals surface area contributed by atoms with Gasteiger partial charge in [0.15, 0.2) is 0 Å². The Hall–Kier alpha value is -2.43. The second kappa shape index (κ2) is 8.30. The number of amides is 1. The van der Waals surface area contributed by atoms with Crippen molar-refractivity contribution in [1.29, 1.82) is 0 Å². The summed E-state index contributed by atoms with van der Waals surface area (Å²) < 4.78 is 0. The van der Waals surface area contributed by atoms with Crippen LogP contribution in [0.3, 0.4) is 0 Å². The van der Waals surface area contributed by atoms with Gasteiger partial charge in [0.25, 0.3) is 5.91 Å². The zero-order chi connectivity index (χ0) is 18.5. The largest absolute Gasteiger partial charge is 0.324 e. The predicted octanol–water partition coefficient (Wildman–Crippen LogP) is 4.76. The second-order valence-corrected chi connectivity index (χ2v) is 6.82. The number of aromatic nitrogens is 2. The lowest BCUT2D eigenvalue weighted by Gasteiger charge is -2.19. The van der Waals surface area contributed by atoms with Crippen LogP contribution in [0.1, 0.15) is 68.9 Å². The molecule has 1 aromatic heterocycles. The summed E-state index contributed by atoms with van der Waals surface area (Å²) >= 11 is 0. The highest BCUT2D eigenvalue weighted by Crippen LogP contribution is 2.32.